The summed E-state index contributed by atoms with van der Waals surface area (Å²) < 4.78 is 20.1. The van der Waals surface area contributed by atoms with Crippen LogP contribution in [0.25, 0.3) is 5.69 Å². The number of methoxy groups -OCH3 is 1. The summed E-state index contributed by atoms with van der Waals surface area (Å²) in [4.78, 5) is 4.37. The molecule has 0 amide bonds. The molecule has 0 radical (unpaired) electrons. The monoisotopic (exact) mass is 294 g/mol. The number of nitrogens with zero attached hydrogens (tertiary/aromatic N) is 2. The van der Waals surface area contributed by atoms with Crippen molar-refractivity contribution in [3.8, 4) is 11.4 Å². The molecule has 3 rings (SSSR count). The van der Waals surface area contributed by atoms with Crippen molar-refractivity contribution in [2.45, 2.75) is 0 Å². The van der Waals surface area contributed by atoms with Gasteiger partial charge in [0.1, 0.15) is 11.6 Å². The largest absolute Gasteiger partial charge is 0.497 e. The SMILES string of the molecule is COc1ccc(-n2cccc2C=Nc2ccc(F)cc2)cc1. The highest BCUT2D eigenvalue weighted by atomic mass is 19.1. The molecule has 0 bridgehead atoms. The fraction of sp³-hybridized carbons (Fsp3) is 0.0556. The highest BCUT2D eigenvalue weighted by Crippen LogP contribution is 2.17. The highest BCUT2D eigenvalue weighted by molar-refractivity contribution is 5.81. The van der Waals surface area contributed by atoms with Gasteiger partial charge >= 0.3 is 0 Å². The first-order valence-corrected chi connectivity index (χ1v) is 6.88. The number of aromatic nitrogens is 1. The quantitative estimate of drug-likeness (QED) is 0.656. The van der Waals surface area contributed by atoms with Crippen LogP contribution >= 0.6 is 0 Å². The van der Waals surface area contributed by atoms with Crippen molar-refractivity contribution in [3.63, 3.8) is 0 Å². The minimum atomic E-state index is -0.263. The lowest BCUT2D eigenvalue weighted by Crippen LogP contribution is -1.97. The molecule has 0 unspecified atom stereocenters. The molecule has 0 N–H and O–H groups in total. The number of ether oxygens (including phenoxy) is 1. The minimum absolute atomic E-state index is 0.263. The summed E-state index contributed by atoms with van der Waals surface area (Å²) >= 11 is 0. The number of halogens is 1. The summed E-state index contributed by atoms with van der Waals surface area (Å²) in [5.41, 5.74) is 2.67. The lowest BCUT2D eigenvalue weighted by atomic mass is 10.3. The average molecular weight is 294 g/mol. The standard InChI is InChI=1S/C18H15FN2O/c1-22-18-10-8-16(9-11-18)21-12-2-3-17(21)13-20-15-6-4-14(19)5-7-15/h2-13H,1H3. The van der Waals surface area contributed by atoms with Gasteiger partial charge < -0.3 is 9.30 Å². The third-order valence-electron chi connectivity index (χ3n) is 3.30. The van der Waals surface area contributed by atoms with Crippen LogP contribution in [0.2, 0.25) is 0 Å². The second-order valence-corrected chi connectivity index (χ2v) is 4.74. The third kappa shape index (κ3) is 3.06. The van der Waals surface area contributed by atoms with Gasteiger partial charge in [0, 0.05) is 11.9 Å². The molecule has 0 aliphatic carbocycles. The second-order valence-electron chi connectivity index (χ2n) is 4.74. The number of hydrogen-bond acceptors (Lipinski definition) is 2. The second kappa shape index (κ2) is 6.26. The summed E-state index contributed by atoms with van der Waals surface area (Å²) in [7, 11) is 1.64. The van der Waals surface area contributed by atoms with Crippen LogP contribution in [0.3, 0.4) is 0 Å². The Balaban J connectivity index is 1.86. The summed E-state index contributed by atoms with van der Waals surface area (Å²) in [5, 5.41) is 0. The van der Waals surface area contributed by atoms with Crippen molar-refractivity contribution < 1.29 is 9.13 Å². The topological polar surface area (TPSA) is 26.5 Å². The molecule has 4 heteroatoms. The molecule has 0 atom stereocenters. The molecule has 0 aliphatic rings. The summed E-state index contributed by atoms with van der Waals surface area (Å²) in [6.45, 7) is 0. The normalized spacial score (nSPS) is 11.0. The van der Waals surface area contributed by atoms with Gasteiger partial charge in [0.05, 0.1) is 24.7 Å². The molecule has 0 fully saturated rings. The molecule has 2 aromatic carbocycles. The molecular weight excluding hydrogens is 279 g/mol. The number of hydrogen-bond donors (Lipinski definition) is 0. The molecule has 0 saturated carbocycles. The lowest BCUT2D eigenvalue weighted by molar-refractivity contribution is 0.415. The third-order valence-corrected chi connectivity index (χ3v) is 3.30. The van der Waals surface area contributed by atoms with Crippen molar-refractivity contribution in [1.29, 1.82) is 0 Å². The molecule has 1 aromatic heterocycles. The van der Waals surface area contributed by atoms with E-state index in [1.165, 1.54) is 12.1 Å². The molecule has 1 heterocycles. The van der Waals surface area contributed by atoms with Gasteiger partial charge in [-0.25, -0.2) is 4.39 Å². The summed E-state index contributed by atoms with van der Waals surface area (Å²) in [5.74, 6) is 0.554. The van der Waals surface area contributed by atoms with Crippen molar-refractivity contribution in [1.82, 2.24) is 4.57 Å². The van der Waals surface area contributed by atoms with E-state index in [4.69, 9.17) is 4.74 Å². The van der Waals surface area contributed by atoms with Crippen LogP contribution < -0.4 is 4.74 Å². The number of benzene rings is 2. The van der Waals surface area contributed by atoms with E-state index in [9.17, 15) is 4.39 Å². The molecule has 110 valence electrons. The zero-order valence-electron chi connectivity index (χ0n) is 12.1. The maximum Gasteiger partial charge on any atom is 0.123 e. The molecular formula is C18H15FN2O. The lowest BCUT2D eigenvalue weighted by Gasteiger charge is -2.07. The molecule has 3 nitrogen and oxygen atoms in total. The highest BCUT2D eigenvalue weighted by Gasteiger charge is 2.01. The van der Waals surface area contributed by atoms with E-state index in [0.29, 0.717) is 5.69 Å². The van der Waals surface area contributed by atoms with Gasteiger partial charge in [-0.15, -0.1) is 0 Å². The Morgan fingerprint density at radius 1 is 1.00 bits per heavy atom. The van der Waals surface area contributed by atoms with Crippen LogP contribution in [0.5, 0.6) is 5.75 Å². The van der Waals surface area contributed by atoms with Crippen LogP contribution in [-0.4, -0.2) is 17.9 Å². The van der Waals surface area contributed by atoms with Gasteiger partial charge in [-0.1, -0.05) is 0 Å². The van der Waals surface area contributed by atoms with Crippen LogP contribution in [-0.2, 0) is 0 Å². The fourth-order valence-electron chi connectivity index (χ4n) is 2.15. The van der Waals surface area contributed by atoms with Crippen molar-refractivity contribution in [2.24, 2.45) is 4.99 Å². The van der Waals surface area contributed by atoms with E-state index >= 15 is 0 Å². The van der Waals surface area contributed by atoms with E-state index in [1.807, 2.05) is 47.2 Å². The summed E-state index contributed by atoms with van der Waals surface area (Å²) in [6.07, 6.45) is 3.73. The molecule has 0 spiro atoms. The Bertz CT molecular complexity index is 774. The van der Waals surface area contributed by atoms with Gasteiger partial charge in [-0.3, -0.25) is 4.99 Å². The number of aliphatic imine (C=N–C) groups is 1. The predicted octanol–water partition coefficient (Wildman–Crippen LogP) is 4.38. The molecule has 22 heavy (non-hydrogen) atoms. The van der Waals surface area contributed by atoms with E-state index in [2.05, 4.69) is 4.99 Å². The van der Waals surface area contributed by atoms with Crippen molar-refractivity contribution >= 4 is 11.9 Å². The first kappa shape index (κ1) is 14.1. The summed E-state index contributed by atoms with van der Waals surface area (Å²) in [6, 6.07) is 17.8. The van der Waals surface area contributed by atoms with E-state index in [0.717, 1.165) is 17.1 Å². The van der Waals surface area contributed by atoms with Crippen LogP contribution in [0.15, 0.2) is 71.9 Å². The Labute approximate surface area is 128 Å². The first-order valence-electron chi connectivity index (χ1n) is 6.88. The van der Waals surface area contributed by atoms with E-state index in [1.54, 1.807) is 25.5 Å². The Morgan fingerprint density at radius 3 is 2.41 bits per heavy atom. The number of rotatable bonds is 4. The first-order chi connectivity index (χ1) is 10.8. The van der Waals surface area contributed by atoms with Crippen LogP contribution in [0.4, 0.5) is 10.1 Å². The van der Waals surface area contributed by atoms with Gasteiger partial charge in [-0.2, -0.15) is 0 Å². The van der Waals surface area contributed by atoms with Gasteiger partial charge in [0.2, 0.25) is 0 Å². The maximum atomic E-state index is 12.9. The zero-order chi connectivity index (χ0) is 15.4. The maximum absolute atomic E-state index is 12.9. The average Bonchev–Trinajstić information content (AvgIpc) is 3.03. The fourth-order valence-corrected chi connectivity index (χ4v) is 2.15. The Hall–Kier alpha value is -2.88. The molecule has 0 aliphatic heterocycles. The van der Waals surface area contributed by atoms with Gasteiger partial charge in [0.25, 0.3) is 0 Å². The predicted molar refractivity (Wildman–Crippen MR) is 86.0 cm³/mol. The van der Waals surface area contributed by atoms with Crippen molar-refractivity contribution in [2.75, 3.05) is 7.11 Å². The van der Waals surface area contributed by atoms with E-state index < -0.39 is 0 Å². The van der Waals surface area contributed by atoms with Gasteiger partial charge in [0.15, 0.2) is 0 Å². The van der Waals surface area contributed by atoms with Crippen LogP contribution in [0.1, 0.15) is 5.69 Å². The van der Waals surface area contributed by atoms with E-state index in [-0.39, 0.29) is 5.82 Å². The Kier molecular flexibility index (Phi) is 4.01. The smallest absolute Gasteiger partial charge is 0.123 e. The molecule has 0 saturated heterocycles. The van der Waals surface area contributed by atoms with Gasteiger partial charge in [-0.05, 0) is 60.7 Å². The van der Waals surface area contributed by atoms with Crippen LogP contribution in [0, 0.1) is 5.82 Å². The van der Waals surface area contributed by atoms with Crippen molar-refractivity contribution in [3.05, 3.63) is 78.4 Å². The Morgan fingerprint density at radius 2 is 1.73 bits per heavy atom. The minimum Gasteiger partial charge on any atom is -0.497 e. The zero-order valence-corrected chi connectivity index (χ0v) is 12.1. The molecule has 3 aromatic rings.